The maximum atomic E-state index is 13.3. The first-order valence-corrected chi connectivity index (χ1v) is 5.75. The van der Waals surface area contributed by atoms with E-state index >= 15 is 0 Å². The Kier molecular flexibility index (Phi) is 5.00. The smallest absolute Gasteiger partial charge is 0.242 e. The Morgan fingerprint density at radius 1 is 1.39 bits per heavy atom. The molecule has 0 aromatic carbocycles. The zero-order valence-corrected chi connectivity index (χ0v) is 10.6. The fourth-order valence-electron chi connectivity index (χ4n) is 1.25. The number of carbonyl (C=O) groups excluding carboxylic acids is 1. The summed E-state index contributed by atoms with van der Waals surface area (Å²) in [6.07, 6.45) is 0.893. The van der Waals surface area contributed by atoms with Crippen LogP contribution >= 0.6 is 0 Å². The normalized spacial score (nSPS) is 12.3. The lowest BCUT2D eigenvalue weighted by atomic mass is 10.2. The number of rotatable bonds is 5. The van der Waals surface area contributed by atoms with Crippen molar-refractivity contribution in [2.75, 3.05) is 11.9 Å². The minimum Gasteiger partial charge on any atom is -0.356 e. The van der Waals surface area contributed by atoms with Gasteiger partial charge in [-0.1, -0.05) is 13.8 Å². The first kappa shape index (κ1) is 14.3. The summed E-state index contributed by atoms with van der Waals surface area (Å²) >= 11 is 0. The topological polar surface area (TPSA) is 54.0 Å². The van der Waals surface area contributed by atoms with Gasteiger partial charge in [0.2, 0.25) is 5.91 Å². The molecule has 0 saturated carbocycles. The van der Waals surface area contributed by atoms with Crippen LogP contribution in [0.25, 0.3) is 0 Å². The number of hydrogen-bond donors (Lipinski definition) is 2. The lowest BCUT2D eigenvalue weighted by molar-refractivity contribution is -0.121. The van der Waals surface area contributed by atoms with Gasteiger partial charge in [-0.3, -0.25) is 4.79 Å². The largest absolute Gasteiger partial charge is 0.356 e. The monoisotopic (exact) mass is 257 g/mol. The van der Waals surface area contributed by atoms with Crippen LogP contribution in [0.3, 0.4) is 0 Å². The number of aromatic nitrogens is 1. The first-order chi connectivity index (χ1) is 8.40. The molecule has 4 nitrogen and oxygen atoms in total. The second kappa shape index (κ2) is 6.28. The van der Waals surface area contributed by atoms with Gasteiger partial charge in [-0.05, 0) is 12.8 Å². The molecule has 1 aromatic rings. The van der Waals surface area contributed by atoms with E-state index in [1.807, 2.05) is 13.8 Å². The average Bonchev–Trinajstić information content (AvgIpc) is 2.29. The lowest BCUT2D eigenvalue weighted by Crippen LogP contribution is -2.39. The third-order valence-corrected chi connectivity index (χ3v) is 2.24. The molecule has 1 atom stereocenters. The molecule has 0 aliphatic carbocycles. The summed E-state index contributed by atoms with van der Waals surface area (Å²) in [6.45, 7) is 6.07. The summed E-state index contributed by atoms with van der Waals surface area (Å²) in [7, 11) is 0. The summed E-state index contributed by atoms with van der Waals surface area (Å²) in [5, 5.41) is 5.30. The van der Waals surface area contributed by atoms with E-state index in [2.05, 4.69) is 15.6 Å². The van der Waals surface area contributed by atoms with Gasteiger partial charge in [-0.2, -0.15) is 0 Å². The Balaban J connectivity index is 2.58. The molecule has 1 amide bonds. The molecule has 6 heteroatoms. The molecule has 1 unspecified atom stereocenters. The molecule has 0 fully saturated rings. The van der Waals surface area contributed by atoms with Crippen LogP contribution in [-0.4, -0.2) is 23.5 Å². The van der Waals surface area contributed by atoms with E-state index in [0.717, 1.165) is 6.20 Å². The van der Waals surface area contributed by atoms with E-state index in [-0.39, 0.29) is 11.7 Å². The standard InChI is InChI=1S/C12H17F2N3O/c1-7(2)5-16-12(18)8(3)17-11-10(14)4-9(13)6-15-11/h4,6-8H,5H2,1-3H3,(H,15,17)(H,16,18). The Bertz CT molecular complexity index is 424. The van der Waals surface area contributed by atoms with Gasteiger partial charge in [0.1, 0.15) is 11.9 Å². The van der Waals surface area contributed by atoms with Crippen molar-refractivity contribution in [3.05, 3.63) is 23.9 Å². The number of carbonyl (C=O) groups is 1. The fourth-order valence-corrected chi connectivity index (χ4v) is 1.25. The maximum Gasteiger partial charge on any atom is 0.242 e. The van der Waals surface area contributed by atoms with E-state index < -0.39 is 17.7 Å². The van der Waals surface area contributed by atoms with Crippen LogP contribution in [0.4, 0.5) is 14.6 Å². The van der Waals surface area contributed by atoms with E-state index in [4.69, 9.17) is 0 Å². The number of anilines is 1. The molecular formula is C12H17F2N3O. The Morgan fingerprint density at radius 2 is 2.06 bits per heavy atom. The number of halogens is 2. The molecule has 2 N–H and O–H groups in total. The minimum atomic E-state index is -0.821. The fraction of sp³-hybridized carbons (Fsp3) is 0.500. The van der Waals surface area contributed by atoms with Gasteiger partial charge < -0.3 is 10.6 Å². The zero-order chi connectivity index (χ0) is 13.7. The molecule has 0 aliphatic heterocycles. The van der Waals surface area contributed by atoms with Gasteiger partial charge in [0.15, 0.2) is 11.6 Å². The van der Waals surface area contributed by atoms with Crippen molar-refractivity contribution in [2.24, 2.45) is 5.92 Å². The number of pyridine rings is 1. The SMILES string of the molecule is CC(C)CNC(=O)C(C)Nc1ncc(F)cc1F. The molecule has 18 heavy (non-hydrogen) atoms. The van der Waals surface area contributed by atoms with E-state index in [1.165, 1.54) is 0 Å². The predicted octanol–water partition coefficient (Wildman–Crippen LogP) is 1.93. The van der Waals surface area contributed by atoms with Gasteiger partial charge in [0, 0.05) is 12.6 Å². The minimum absolute atomic E-state index is 0.136. The molecule has 1 heterocycles. The zero-order valence-electron chi connectivity index (χ0n) is 10.6. The van der Waals surface area contributed by atoms with Gasteiger partial charge in [-0.25, -0.2) is 13.8 Å². The van der Waals surface area contributed by atoms with Crippen molar-refractivity contribution in [1.29, 1.82) is 0 Å². The molecule has 0 bridgehead atoms. The Hall–Kier alpha value is -1.72. The van der Waals surface area contributed by atoms with Crippen LogP contribution in [0.2, 0.25) is 0 Å². The number of nitrogens with zero attached hydrogens (tertiary/aromatic N) is 1. The molecule has 0 radical (unpaired) electrons. The van der Waals surface area contributed by atoms with Crippen LogP contribution in [0.5, 0.6) is 0 Å². The molecular weight excluding hydrogens is 240 g/mol. The van der Waals surface area contributed by atoms with Crippen molar-refractivity contribution in [1.82, 2.24) is 10.3 Å². The van der Waals surface area contributed by atoms with Crippen molar-refractivity contribution in [3.63, 3.8) is 0 Å². The third kappa shape index (κ3) is 4.27. The summed E-state index contributed by atoms with van der Waals surface area (Å²) in [4.78, 5) is 15.2. The van der Waals surface area contributed by atoms with Crippen molar-refractivity contribution >= 4 is 11.7 Å². The van der Waals surface area contributed by atoms with Crippen molar-refractivity contribution in [3.8, 4) is 0 Å². The molecule has 0 aliphatic rings. The van der Waals surface area contributed by atoms with Gasteiger partial charge >= 0.3 is 0 Å². The quantitative estimate of drug-likeness (QED) is 0.847. The van der Waals surface area contributed by atoms with Gasteiger partial charge in [-0.15, -0.1) is 0 Å². The average molecular weight is 257 g/mol. The summed E-state index contributed by atoms with van der Waals surface area (Å²) in [5.74, 6) is -1.63. The second-order valence-corrected chi connectivity index (χ2v) is 4.49. The Labute approximate surface area is 105 Å². The van der Waals surface area contributed by atoms with Crippen LogP contribution in [0, 0.1) is 17.6 Å². The molecule has 1 rings (SSSR count). The summed E-state index contributed by atoms with van der Waals surface area (Å²) in [5.41, 5.74) is 0. The van der Waals surface area contributed by atoms with E-state index in [9.17, 15) is 13.6 Å². The van der Waals surface area contributed by atoms with Gasteiger partial charge in [0.25, 0.3) is 0 Å². The molecule has 0 saturated heterocycles. The predicted molar refractivity (Wildman–Crippen MR) is 65.1 cm³/mol. The number of nitrogens with one attached hydrogen (secondary N) is 2. The van der Waals surface area contributed by atoms with Crippen LogP contribution in [0.15, 0.2) is 12.3 Å². The Morgan fingerprint density at radius 3 is 2.61 bits per heavy atom. The molecule has 100 valence electrons. The number of amides is 1. The maximum absolute atomic E-state index is 13.3. The van der Waals surface area contributed by atoms with Crippen LogP contribution < -0.4 is 10.6 Å². The second-order valence-electron chi connectivity index (χ2n) is 4.49. The number of hydrogen-bond acceptors (Lipinski definition) is 3. The summed E-state index contributed by atoms with van der Waals surface area (Å²) in [6, 6.07) is 0.0739. The third-order valence-electron chi connectivity index (χ3n) is 2.24. The molecule has 1 aromatic heterocycles. The van der Waals surface area contributed by atoms with Gasteiger partial charge in [0.05, 0.1) is 6.20 Å². The summed E-state index contributed by atoms with van der Waals surface area (Å²) < 4.78 is 25.9. The highest BCUT2D eigenvalue weighted by molar-refractivity contribution is 5.83. The van der Waals surface area contributed by atoms with Crippen LogP contribution in [-0.2, 0) is 4.79 Å². The highest BCUT2D eigenvalue weighted by atomic mass is 19.1. The van der Waals surface area contributed by atoms with Crippen molar-refractivity contribution in [2.45, 2.75) is 26.8 Å². The molecule has 0 spiro atoms. The highest BCUT2D eigenvalue weighted by Gasteiger charge is 2.15. The highest BCUT2D eigenvalue weighted by Crippen LogP contribution is 2.12. The lowest BCUT2D eigenvalue weighted by Gasteiger charge is -2.15. The van der Waals surface area contributed by atoms with E-state index in [1.54, 1.807) is 6.92 Å². The van der Waals surface area contributed by atoms with E-state index in [0.29, 0.717) is 18.5 Å². The van der Waals surface area contributed by atoms with Crippen LogP contribution in [0.1, 0.15) is 20.8 Å². The first-order valence-electron chi connectivity index (χ1n) is 5.75. The van der Waals surface area contributed by atoms with Crippen molar-refractivity contribution < 1.29 is 13.6 Å².